The maximum Gasteiger partial charge on any atom is 0.240 e. The van der Waals surface area contributed by atoms with Gasteiger partial charge in [0.05, 0.1) is 12.0 Å². The Hall–Kier alpha value is -2.12. The van der Waals surface area contributed by atoms with E-state index >= 15 is 0 Å². The van der Waals surface area contributed by atoms with E-state index in [0.29, 0.717) is 11.3 Å². The predicted molar refractivity (Wildman–Crippen MR) is 89.6 cm³/mol. The fraction of sp³-hybridized carbons (Fsp3) is 0.294. The first-order valence-corrected chi connectivity index (χ1v) is 8.85. The molecule has 0 fully saturated rings. The Kier molecular flexibility index (Phi) is 5.80. The van der Waals surface area contributed by atoms with Crippen LogP contribution in [0.15, 0.2) is 41.3 Å². The van der Waals surface area contributed by atoms with Crippen molar-refractivity contribution in [2.24, 2.45) is 0 Å². The van der Waals surface area contributed by atoms with E-state index in [-0.39, 0.29) is 23.8 Å². The first-order chi connectivity index (χ1) is 11.3. The lowest BCUT2D eigenvalue weighted by Gasteiger charge is -2.13. The molecule has 0 amide bonds. The summed E-state index contributed by atoms with van der Waals surface area (Å²) in [5.41, 5.74) is 1.31. The van der Waals surface area contributed by atoms with Crippen molar-refractivity contribution in [1.29, 1.82) is 0 Å². The first-order valence-electron chi connectivity index (χ1n) is 7.37. The molecule has 0 heterocycles. The highest BCUT2D eigenvalue weighted by Gasteiger charge is 2.18. The minimum atomic E-state index is -3.68. The highest BCUT2D eigenvalue weighted by atomic mass is 32.2. The van der Waals surface area contributed by atoms with Crippen LogP contribution in [0.4, 0.5) is 4.39 Å². The number of ether oxygens (including phenoxy) is 2. The molecule has 2 rings (SSSR count). The van der Waals surface area contributed by atoms with Gasteiger partial charge in [-0.3, -0.25) is 0 Å². The van der Waals surface area contributed by atoms with Crippen molar-refractivity contribution in [2.75, 3.05) is 20.3 Å². The van der Waals surface area contributed by atoms with E-state index in [1.54, 1.807) is 38.1 Å². The summed E-state index contributed by atoms with van der Waals surface area (Å²) in [6, 6.07) is 9.21. The molecule has 2 aromatic carbocycles. The molecule has 0 saturated heterocycles. The monoisotopic (exact) mass is 353 g/mol. The second-order valence-electron chi connectivity index (χ2n) is 5.26. The fourth-order valence-corrected chi connectivity index (χ4v) is 3.57. The lowest BCUT2D eigenvalue weighted by molar-refractivity contribution is 0.306. The molecule has 0 aliphatic carbocycles. The summed E-state index contributed by atoms with van der Waals surface area (Å²) in [5, 5.41) is 0. The van der Waals surface area contributed by atoms with E-state index in [4.69, 9.17) is 9.47 Å². The zero-order chi connectivity index (χ0) is 17.7. The summed E-state index contributed by atoms with van der Waals surface area (Å²) in [6.07, 6.45) is 0. The van der Waals surface area contributed by atoms with Crippen molar-refractivity contribution in [2.45, 2.75) is 18.7 Å². The van der Waals surface area contributed by atoms with Gasteiger partial charge in [-0.25, -0.2) is 17.5 Å². The zero-order valence-electron chi connectivity index (χ0n) is 13.8. The smallest absolute Gasteiger partial charge is 0.240 e. The molecule has 0 bridgehead atoms. The maximum absolute atomic E-state index is 13.4. The SMILES string of the molecule is COc1cc(C)c(S(=O)(=O)NCCOc2ccccc2F)cc1C. The third kappa shape index (κ3) is 4.24. The van der Waals surface area contributed by atoms with E-state index in [1.807, 2.05) is 0 Å². The summed E-state index contributed by atoms with van der Waals surface area (Å²) in [4.78, 5) is 0.187. The van der Waals surface area contributed by atoms with Crippen LogP contribution in [0, 0.1) is 19.7 Å². The lowest BCUT2D eigenvalue weighted by Crippen LogP contribution is -2.29. The van der Waals surface area contributed by atoms with Gasteiger partial charge in [-0.15, -0.1) is 0 Å². The molecule has 0 spiro atoms. The Bertz CT molecular complexity index is 821. The Balaban J connectivity index is 2.02. The largest absolute Gasteiger partial charge is 0.496 e. The number of methoxy groups -OCH3 is 1. The number of hydrogen-bond donors (Lipinski definition) is 1. The number of aryl methyl sites for hydroxylation is 2. The van der Waals surface area contributed by atoms with E-state index in [2.05, 4.69) is 4.72 Å². The van der Waals surface area contributed by atoms with Gasteiger partial charge in [-0.2, -0.15) is 0 Å². The normalized spacial score (nSPS) is 11.3. The van der Waals surface area contributed by atoms with Gasteiger partial charge in [0, 0.05) is 6.54 Å². The van der Waals surface area contributed by atoms with Crippen LogP contribution >= 0.6 is 0 Å². The first kappa shape index (κ1) is 18.2. The van der Waals surface area contributed by atoms with E-state index in [9.17, 15) is 12.8 Å². The van der Waals surface area contributed by atoms with Crippen molar-refractivity contribution in [1.82, 2.24) is 4.72 Å². The molecule has 0 saturated carbocycles. The number of hydrogen-bond acceptors (Lipinski definition) is 4. The fourth-order valence-electron chi connectivity index (χ4n) is 2.25. The molecule has 0 radical (unpaired) electrons. The van der Waals surface area contributed by atoms with E-state index < -0.39 is 15.8 Å². The molecule has 0 unspecified atom stereocenters. The van der Waals surface area contributed by atoms with Crippen LogP contribution in [-0.2, 0) is 10.0 Å². The van der Waals surface area contributed by atoms with Crippen LogP contribution in [0.25, 0.3) is 0 Å². The van der Waals surface area contributed by atoms with Gasteiger partial charge in [0.15, 0.2) is 11.6 Å². The Morgan fingerprint density at radius 2 is 1.79 bits per heavy atom. The molecule has 2 aromatic rings. The summed E-state index contributed by atoms with van der Waals surface area (Å²) in [7, 11) is -2.15. The molecule has 0 atom stereocenters. The molecule has 24 heavy (non-hydrogen) atoms. The lowest BCUT2D eigenvalue weighted by atomic mass is 10.1. The van der Waals surface area contributed by atoms with Gasteiger partial charge in [0.2, 0.25) is 10.0 Å². The minimum absolute atomic E-state index is 0.0222. The Morgan fingerprint density at radius 3 is 2.46 bits per heavy atom. The van der Waals surface area contributed by atoms with Gasteiger partial charge in [-0.05, 0) is 49.2 Å². The second-order valence-corrected chi connectivity index (χ2v) is 7.00. The predicted octanol–water partition coefficient (Wildman–Crippen LogP) is 2.81. The molecule has 1 N–H and O–H groups in total. The van der Waals surface area contributed by atoms with Gasteiger partial charge in [-0.1, -0.05) is 12.1 Å². The van der Waals surface area contributed by atoms with Gasteiger partial charge >= 0.3 is 0 Å². The number of rotatable bonds is 7. The number of sulfonamides is 1. The standard InChI is InChI=1S/C17H20FNO4S/c1-12-11-17(13(2)10-16(12)22-3)24(20,21)19-8-9-23-15-7-5-4-6-14(15)18/h4-7,10-11,19H,8-9H2,1-3H3. The zero-order valence-corrected chi connectivity index (χ0v) is 14.6. The van der Waals surface area contributed by atoms with Crippen molar-refractivity contribution in [3.63, 3.8) is 0 Å². The summed E-state index contributed by atoms with van der Waals surface area (Å²) in [6.45, 7) is 3.53. The van der Waals surface area contributed by atoms with Crippen molar-refractivity contribution >= 4 is 10.0 Å². The topological polar surface area (TPSA) is 64.6 Å². The van der Waals surface area contributed by atoms with Crippen molar-refractivity contribution < 1.29 is 22.3 Å². The minimum Gasteiger partial charge on any atom is -0.496 e. The van der Waals surface area contributed by atoms with Crippen LogP contribution < -0.4 is 14.2 Å². The van der Waals surface area contributed by atoms with Gasteiger partial charge in [0.25, 0.3) is 0 Å². The van der Waals surface area contributed by atoms with E-state index in [0.717, 1.165) is 5.56 Å². The summed E-state index contributed by atoms with van der Waals surface area (Å²) in [5.74, 6) is 0.240. The number of para-hydroxylation sites is 1. The van der Waals surface area contributed by atoms with Crippen molar-refractivity contribution in [3.8, 4) is 11.5 Å². The van der Waals surface area contributed by atoms with Crippen LogP contribution in [-0.4, -0.2) is 28.7 Å². The third-order valence-electron chi connectivity index (χ3n) is 3.47. The highest BCUT2D eigenvalue weighted by Crippen LogP contribution is 2.25. The Labute approximate surface area is 141 Å². The second kappa shape index (κ2) is 7.63. The Morgan fingerprint density at radius 1 is 1.08 bits per heavy atom. The van der Waals surface area contributed by atoms with Crippen LogP contribution in [0.3, 0.4) is 0 Å². The molecule has 0 aromatic heterocycles. The summed E-state index contributed by atoms with van der Waals surface area (Å²) < 4.78 is 51.1. The molecular formula is C17H20FNO4S. The van der Waals surface area contributed by atoms with E-state index in [1.165, 1.54) is 19.2 Å². The number of nitrogens with one attached hydrogen (secondary N) is 1. The molecular weight excluding hydrogens is 333 g/mol. The molecule has 0 aliphatic rings. The summed E-state index contributed by atoms with van der Waals surface area (Å²) >= 11 is 0. The quantitative estimate of drug-likeness (QED) is 0.778. The molecule has 7 heteroatoms. The van der Waals surface area contributed by atoms with Crippen LogP contribution in [0.5, 0.6) is 11.5 Å². The average Bonchev–Trinajstić information content (AvgIpc) is 2.54. The maximum atomic E-state index is 13.4. The number of benzene rings is 2. The molecule has 5 nitrogen and oxygen atoms in total. The van der Waals surface area contributed by atoms with Crippen LogP contribution in [0.1, 0.15) is 11.1 Å². The highest BCUT2D eigenvalue weighted by molar-refractivity contribution is 7.89. The molecule has 130 valence electrons. The van der Waals surface area contributed by atoms with Crippen molar-refractivity contribution in [3.05, 3.63) is 53.3 Å². The average molecular weight is 353 g/mol. The third-order valence-corrected chi connectivity index (χ3v) is 5.07. The van der Waals surface area contributed by atoms with Crippen LogP contribution in [0.2, 0.25) is 0 Å². The van der Waals surface area contributed by atoms with Gasteiger partial charge < -0.3 is 9.47 Å². The van der Waals surface area contributed by atoms with Gasteiger partial charge in [0.1, 0.15) is 12.4 Å². The molecule has 0 aliphatic heterocycles. The number of halogens is 1.